The fraction of sp³-hybridized carbons (Fsp3) is 0.133. The van der Waals surface area contributed by atoms with Gasteiger partial charge in [-0.15, -0.1) is 0 Å². The summed E-state index contributed by atoms with van der Waals surface area (Å²) in [5, 5.41) is 12.4. The molecule has 0 aliphatic carbocycles. The summed E-state index contributed by atoms with van der Waals surface area (Å²) in [7, 11) is 1.49. The number of phenolic OH excluding ortho intramolecular Hbond substituents is 1. The standard InChI is InChI=1S/C15H15FN2O3/c1-21-11-4-2-9(14(19)7-11)8-18-15(20)12-6-10(16)3-5-13(12)17/h2-7,19H,8,17H2,1H3,(H,18,20). The topological polar surface area (TPSA) is 84.6 Å². The molecule has 6 heteroatoms. The first-order chi connectivity index (χ1) is 10.0. The molecular weight excluding hydrogens is 275 g/mol. The van der Waals surface area contributed by atoms with Gasteiger partial charge in [0.2, 0.25) is 0 Å². The first kappa shape index (κ1) is 14.6. The van der Waals surface area contributed by atoms with E-state index >= 15 is 0 Å². The molecule has 0 spiro atoms. The van der Waals surface area contributed by atoms with E-state index in [0.717, 1.165) is 6.07 Å². The average Bonchev–Trinajstić information content (AvgIpc) is 2.48. The molecule has 0 saturated heterocycles. The van der Waals surface area contributed by atoms with Crippen LogP contribution in [0.2, 0.25) is 0 Å². The maximum absolute atomic E-state index is 13.1. The third-order valence-electron chi connectivity index (χ3n) is 2.99. The Bertz CT molecular complexity index is 674. The van der Waals surface area contributed by atoms with E-state index in [2.05, 4.69) is 5.32 Å². The number of benzene rings is 2. The summed E-state index contributed by atoms with van der Waals surface area (Å²) in [5.74, 6) is -0.539. The molecule has 0 atom stereocenters. The highest BCUT2D eigenvalue weighted by Crippen LogP contribution is 2.23. The molecule has 0 saturated carbocycles. The fourth-order valence-electron chi connectivity index (χ4n) is 1.82. The van der Waals surface area contributed by atoms with Gasteiger partial charge in [-0.25, -0.2) is 4.39 Å². The molecule has 0 aromatic heterocycles. The lowest BCUT2D eigenvalue weighted by Gasteiger charge is -2.10. The molecule has 1 amide bonds. The quantitative estimate of drug-likeness (QED) is 0.752. The molecule has 0 radical (unpaired) electrons. The Labute approximate surface area is 121 Å². The summed E-state index contributed by atoms with van der Waals surface area (Å²) in [5.41, 5.74) is 6.39. The van der Waals surface area contributed by atoms with Crippen molar-refractivity contribution in [2.24, 2.45) is 0 Å². The number of hydrogen-bond donors (Lipinski definition) is 3. The number of anilines is 1. The van der Waals surface area contributed by atoms with Gasteiger partial charge in [-0.3, -0.25) is 4.79 Å². The van der Waals surface area contributed by atoms with Crippen LogP contribution in [0, 0.1) is 5.82 Å². The second-order valence-corrected chi connectivity index (χ2v) is 4.41. The van der Waals surface area contributed by atoms with Crippen LogP contribution < -0.4 is 15.8 Å². The summed E-state index contributed by atoms with van der Waals surface area (Å²) in [6.07, 6.45) is 0. The Hall–Kier alpha value is -2.76. The van der Waals surface area contributed by atoms with Crippen LogP contribution in [0.25, 0.3) is 0 Å². The second kappa shape index (κ2) is 6.13. The van der Waals surface area contributed by atoms with Crippen molar-refractivity contribution in [3.05, 3.63) is 53.3 Å². The summed E-state index contributed by atoms with van der Waals surface area (Å²) in [6.45, 7) is 0.0879. The third kappa shape index (κ3) is 3.42. The Kier molecular flexibility index (Phi) is 4.27. The van der Waals surface area contributed by atoms with Crippen molar-refractivity contribution in [2.45, 2.75) is 6.54 Å². The molecule has 0 unspecified atom stereocenters. The van der Waals surface area contributed by atoms with Gasteiger partial charge < -0.3 is 20.9 Å². The highest BCUT2D eigenvalue weighted by atomic mass is 19.1. The van der Waals surface area contributed by atoms with E-state index in [9.17, 15) is 14.3 Å². The Balaban J connectivity index is 2.09. The van der Waals surface area contributed by atoms with E-state index in [0.29, 0.717) is 11.3 Å². The van der Waals surface area contributed by atoms with E-state index in [1.165, 1.54) is 25.3 Å². The molecule has 5 nitrogen and oxygen atoms in total. The molecule has 2 rings (SSSR count). The van der Waals surface area contributed by atoms with Gasteiger partial charge in [-0.2, -0.15) is 0 Å². The molecule has 0 fully saturated rings. The van der Waals surface area contributed by atoms with Crippen LogP contribution in [-0.2, 0) is 6.54 Å². The second-order valence-electron chi connectivity index (χ2n) is 4.41. The lowest BCUT2D eigenvalue weighted by molar-refractivity contribution is 0.0951. The largest absolute Gasteiger partial charge is 0.507 e. The number of halogens is 1. The minimum atomic E-state index is -0.540. The van der Waals surface area contributed by atoms with Gasteiger partial charge in [0.1, 0.15) is 17.3 Å². The van der Waals surface area contributed by atoms with Crippen LogP contribution in [0.15, 0.2) is 36.4 Å². The van der Waals surface area contributed by atoms with Gasteiger partial charge in [-0.1, -0.05) is 0 Å². The number of ether oxygens (including phenoxy) is 1. The Morgan fingerprint density at radius 2 is 2.10 bits per heavy atom. The number of rotatable bonds is 4. The number of nitrogens with one attached hydrogen (secondary N) is 1. The molecule has 21 heavy (non-hydrogen) atoms. The number of carbonyl (C=O) groups excluding carboxylic acids is 1. The fourth-order valence-corrected chi connectivity index (χ4v) is 1.82. The summed E-state index contributed by atoms with van der Waals surface area (Å²) in [4.78, 5) is 12.0. The van der Waals surface area contributed by atoms with Crippen LogP contribution in [0.5, 0.6) is 11.5 Å². The lowest BCUT2D eigenvalue weighted by atomic mass is 10.1. The van der Waals surface area contributed by atoms with Gasteiger partial charge >= 0.3 is 0 Å². The average molecular weight is 290 g/mol. The van der Waals surface area contributed by atoms with Gasteiger partial charge in [0.05, 0.1) is 12.7 Å². The van der Waals surface area contributed by atoms with Crippen molar-refractivity contribution in [3.63, 3.8) is 0 Å². The molecule has 2 aromatic carbocycles. The zero-order chi connectivity index (χ0) is 15.4. The van der Waals surface area contributed by atoms with Gasteiger partial charge in [0, 0.05) is 23.9 Å². The normalized spacial score (nSPS) is 10.2. The third-order valence-corrected chi connectivity index (χ3v) is 2.99. The van der Waals surface area contributed by atoms with Crippen molar-refractivity contribution < 1.29 is 19.0 Å². The van der Waals surface area contributed by atoms with Gasteiger partial charge in [-0.05, 0) is 30.3 Å². The molecule has 4 N–H and O–H groups in total. The molecular formula is C15H15FN2O3. The van der Waals surface area contributed by atoms with Crippen LogP contribution in [0.3, 0.4) is 0 Å². The van der Waals surface area contributed by atoms with Crippen molar-refractivity contribution in [2.75, 3.05) is 12.8 Å². The minimum absolute atomic E-state index is 0.00173. The monoisotopic (exact) mass is 290 g/mol. The van der Waals surface area contributed by atoms with E-state index in [4.69, 9.17) is 10.5 Å². The predicted molar refractivity (Wildman–Crippen MR) is 76.6 cm³/mol. The number of carbonyl (C=O) groups is 1. The summed E-state index contributed by atoms with van der Waals surface area (Å²) >= 11 is 0. The molecule has 0 bridgehead atoms. The van der Waals surface area contributed by atoms with E-state index in [-0.39, 0.29) is 23.5 Å². The smallest absolute Gasteiger partial charge is 0.253 e. The van der Waals surface area contributed by atoms with Crippen molar-refractivity contribution in [1.29, 1.82) is 0 Å². The number of methoxy groups -OCH3 is 1. The Morgan fingerprint density at radius 1 is 1.33 bits per heavy atom. The molecule has 0 heterocycles. The van der Waals surface area contributed by atoms with Crippen molar-refractivity contribution in [1.82, 2.24) is 5.32 Å². The Morgan fingerprint density at radius 3 is 2.76 bits per heavy atom. The van der Waals surface area contributed by atoms with E-state index in [1.807, 2.05) is 0 Å². The number of amides is 1. The highest BCUT2D eigenvalue weighted by Gasteiger charge is 2.11. The maximum atomic E-state index is 13.1. The summed E-state index contributed by atoms with van der Waals surface area (Å²) in [6, 6.07) is 8.31. The van der Waals surface area contributed by atoms with Crippen molar-refractivity contribution >= 4 is 11.6 Å². The number of phenols is 1. The predicted octanol–water partition coefficient (Wildman–Crippen LogP) is 2.05. The van der Waals surface area contributed by atoms with Crippen molar-refractivity contribution in [3.8, 4) is 11.5 Å². The van der Waals surface area contributed by atoms with E-state index < -0.39 is 11.7 Å². The van der Waals surface area contributed by atoms with E-state index in [1.54, 1.807) is 12.1 Å². The number of nitrogens with two attached hydrogens (primary N) is 1. The zero-order valence-corrected chi connectivity index (χ0v) is 11.4. The highest BCUT2D eigenvalue weighted by molar-refractivity contribution is 5.99. The number of hydrogen-bond acceptors (Lipinski definition) is 4. The maximum Gasteiger partial charge on any atom is 0.253 e. The van der Waals surface area contributed by atoms with Crippen LogP contribution in [0.1, 0.15) is 15.9 Å². The zero-order valence-electron chi connectivity index (χ0n) is 11.4. The first-order valence-corrected chi connectivity index (χ1v) is 6.20. The molecule has 0 aliphatic rings. The lowest BCUT2D eigenvalue weighted by Crippen LogP contribution is -2.24. The molecule has 2 aromatic rings. The number of nitrogen functional groups attached to an aromatic ring is 1. The van der Waals surface area contributed by atoms with Crippen LogP contribution >= 0.6 is 0 Å². The summed E-state index contributed by atoms with van der Waals surface area (Å²) < 4.78 is 18.1. The van der Waals surface area contributed by atoms with Gasteiger partial charge in [0.15, 0.2) is 0 Å². The SMILES string of the molecule is COc1ccc(CNC(=O)c2cc(F)ccc2N)c(O)c1. The molecule has 0 aliphatic heterocycles. The van der Waals surface area contributed by atoms with Crippen LogP contribution in [0.4, 0.5) is 10.1 Å². The molecule has 110 valence electrons. The number of aromatic hydroxyl groups is 1. The first-order valence-electron chi connectivity index (χ1n) is 6.20. The van der Waals surface area contributed by atoms with Gasteiger partial charge in [0.25, 0.3) is 5.91 Å². The minimum Gasteiger partial charge on any atom is -0.507 e. The van der Waals surface area contributed by atoms with Crippen LogP contribution in [-0.4, -0.2) is 18.1 Å².